The first-order valence-corrected chi connectivity index (χ1v) is 5.15. The normalized spacial score (nSPS) is 25.5. The van der Waals surface area contributed by atoms with Crippen LogP contribution in [-0.4, -0.2) is 37.0 Å². The third-order valence-electron chi connectivity index (χ3n) is 2.11. The van der Waals surface area contributed by atoms with Crippen LogP contribution in [-0.2, 0) is 4.74 Å². The van der Waals surface area contributed by atoms with Crippen LogP contribution in [0.1, 0.15) is 6.42 Å². The first-order chi connectivity index (χ1) is 5.47. The first kappa shape index (κ1) is 7.50. The monoisotopic (exact) mass is 171 g/mol. The molecule has 0 aromatic rings. The van der Waals surface area contributed by atoms with Gasteiger partial charge < -0.3 is 9.64 Å². The fourth-order valence-corrected chi connectivity index (χ4v) is 2.36. The molecular weight excluding hydrogens is 158 g/mol. The van der Waals surface area contributed by atoms with Crippen LogP contribution in [0.2, 0.25) is 0 Å². The van der Waals surface area contributed by atoms with Gasteiger partial charge in [-0.05, 0) is 11.8 Å². The van der Waals surface area contributed by atoms with E-state index in [0.29, 0.717) is 0 Å². The molecule has 0 spiro atoms. The lowest BCUT2D eigenvalue weighted by atomic mass is 10.3. The minimum Gasteiger partial charge on any atom is -0.378 e. The molecule has 11 heavy (non-hydrogen) atoms. The lowest BCUT2D eigenvalue weighted by Gasteiger charge is -2.29. The molecule has 2 aliphatic heterocycles. The van der Waals surface area contributed by atoms with E-state index >= 15 is 0 Å². The Morgan fingerprint density at radius 3 is 2.82 bits per heavy atom. The molecule has 1 fully saturated rings. The smallest absolute Gasteiger partial charge is 0.0642 e. The second kappa shape index (κ2) is 3.50. The molecule has 0 atom stereocenters. The Bertz CT molecular complexity index is 163. The predicted molar refractivity (Wildman–Crippen MR) is 47.6 cm³/mol. The molecule has 2 heterocycles. The molecule has 0 bridgehead atoms. The molecule has 3 heteroatoms. The van der Waals surface area contributed by atoms with E-state index in [1.165, 1.54) is 17.9 Å². The van der Waals surface area contributed by atoms with E-state index in [9.17, 15) is 0 Å². The Balaban J connectivity index is 1.92. The zero-order valence-electron chi connectivity index (χ0n) is 6.58. The first-order valence-electron chi connectivity index (χ1n) is 4.10. The maximum atomic E-state index is 5.28. The highest BCUT2D eigenvalue weighted by Gasteiger charge is 2.15. The molecule has 0 aromatic carbocycles. The van der Waals surface area contributed by atoms with Crippen LogP contribution in [0.4, 0.5) is 0 Å². The summed E-state index contributed by atoms with van der Waals surface area (Å²) in [5.41, 5.74) is 1.53. The summed E-state index contributed by atoms with van der Waals surface area (Å²) in [5, 5.41) is 2.30. The number of morpholine rings is 1. The van der Waals surface area contributed by atoms with Crippen LogP contribution in [0.15, 0.2) is 11.1 Å². The number of hydrogen-bond donors (Lipinski definition) is 0. The molecule has 2 rings (SSSR count). The summed E-state index contributed by atoms with van der Waals surface area (Å²) < 4.78 is 5.28. The van der Waals surface area contributed by atoms with Gasteiger partial charge in [0, 0.05) is 24.5 Å². The second-order valence-electron chi connectivity index (χ2n) is 2.83. The number of rotatable bonds is 1. The molecule has 0 radical (unpaired) electrons. The maximum Gasteiger partial charge on any atom is 0.0642 e. The molecule has 0 unspecified atom stereocenters. The Kier molecular flexibility index (Phi) is 2.38. The third kappa shape index (κ3) is 1.71. The van der Waals surface area contributed by atoms with Crippen molar-refractivity contribution in [3.63, 3.8) is 0 Å². The van der Waals surface area contributed by atoms with Crippen molar-refractivity contribution in [3.8, 4) is 0 Å². The van der Waals surface area contributed by atoms with E-state index in [4.69, 9.17) is 4.74 Å². The summed E-state index contributed by atoms with van der Waals surface area (Å²) >= 11 is 1.93. The number of ether oxygens (including phenoxy) is 1. The fraction of sp³-hybridized carbons (Fsp3) is 0.750. The topological polar surface area (TPSA) is 12.5 Å². The summed E-state index contributed by atoms with van der Waals surface area (Å²) in [6.07, 6.45) is 1.25. The van der Waals surface area contributed by atoms with Gasteiger partial charge in [-0.25, -0.2) is 0 Å². The summed E-state index contributed by atoms with van der Waals surface area (Å²) in [7, 11) is 0. The number of thioether (sulfide) groups is 1. The van der Waals surface area contributed by atoms with Gasteiger partial charge in [-0.2, -0.15) is 0 Å². The molecule has 2 nitrogen and oxygen atoms in total. The van der Waals surface area contributed by atoms with Gasteiger partial charge in [-0.3, -0.25) is 0 Å². The average Bonchev–Trinajstić information content (AvgIpc) is 2.58. The third-order valence-corrected chi connectivity index (χ3v) is 2.99. The quantitative estimate of drug-likeness (QED) is 0.590. The Morgan fingerprint density at radius 1 is 1.36 bits per heavy atom. The molecule has 0 saturated carbocycles. The molecule has 0 N–H and O–H groups in total. The van der Waals surface area contributed by atoms with Crippen LogP contribution < -0.4 is 0 Å². The van der Waals surface area contributed by atoms with Gasteiger partial charge in [0.05, 0.1) is 13.2 Å². The fourth-order valence-electron chi connectivity index (χ4n) is 1.46. The van der Waals surface area contributed by atoms with Crippen LogP contribution >= 0.6 is 11.8 Å². The standard InChI is InChI=1S/C8H13NOS/c1-6-11-7-8(1)9-2-4-10-5-3-9/h7H,1-6H2. The zero-order valence-corrected chi connectivity index (χ0v) is 7.40. The summed E-state index contributed by atoms with van der Waals surface area (Å²) in [4.78, 5) is 2.45. The Hall–Kier alpha value is -0.150. The number of hydrogen-bond acceptors (Lipinski definition) is 3. The Labute approximate surface area is 71.6 Å². The van der Waals surface area contributed by atoms with E-state index < -0.39 is 0 Å². The summed E-state index contributed by atoms with van der Waals surface area (Å²) in [5.74, 6) is 1.27. The van der Waals surface area contributed by atoms with Crippen LogP contribution in [0.3, 0.4) is 0 Å². The zero-order chi connectivity index (χ0) is 7.52. The number of allylic oxidation sites excluding steroid dienone is 1. The molecule has 2 aliphatic rings. The van der Waals surface area contributed by atoms with Gasteiger partial charge in [0.25, 0.3) is 0 Å². The molecule has 0 amide bonds. The molecule has 62 valence electrons. The highest BCUT2D eigenvalue weighted by molar-refractivity contribution is 8.02. The second-order valence-corrected chi connectivity index (χ2v) is 3.81. The maximum absolute atomic E-state index is 5.28. The van der Waals surface area contributed by atoms with Gasteiger partial charge in [0.2, 0.25) is 0 Å². The van der Waals surface area contributed by atoms with Gasteiger partial charge in [-0.1, -0.05) is 0 Å². The lowest BCUT2D eigenvalue weighted by molar-refractivity contribution is 0.0528. The van der Waals surface area contributed by atoms with Crippen molar-refractivity contribution in [2.24, 2.45) is 0 Å². The highest BCUT2D eigenvalue weighted by atomic mass is 32.2. The molecule has 0 aliphatic carbocycles. The van der Waals surface area contributed by atoms with Crippen LogP contribution in [0.5, 0.6) is 0 Å². The van der Waals surface area contributed by atoms with E-state index in [1.807, 2.05) is 11.8 Å². The number of nitrogens with zero attached hydrogens (tertiary/aromatic N) is 1. The Morgan fingerprint density at radius 2 is 2.18 bits per heavy atom. The molecular formula is C8H13NOS. The van der Waals surface area contributed by atoms with Gasteiger partial charge in [0.1, 0.15) is 0 Å². The molecule has 1 saturated heterocycles. The predicted octanol–water partition coefficient (Wildman–Crippen LogP) is 1.30. The van der Waals surface area contributed by atoms with Crippen LogP contribution in [0.25, 0.3) is 0 Å². The minimum atomic E-state index is 0.905. The SMILES string of the molecule is C1=C(N2CCOCC2)CCS1. The van der Waals surface area contributed by atoms with Crippen molar-refractivity contribution in [2.45, 2.75) is 6.42 Å². The van der Waals surface area contributed by atoms with Gasteiger partial charge in [-0.15, -0.1) is 11.8 Å². The van der Waals surface area contributed by atoms with Crippen molar-refractivity contribution in [2.75, 3.05) is 32.1 Å². The van der Waals surface area contributed by atoms with Gasteiger partial charge >= 0.3 is 0 Å². The van der Waals surface area contributed by atoms with E-state index in [-0.39, 0.29) is 0 Å². The summed E-state index contributed by atoms with van der Waals surface area (Å²) in [6, 6.07) is 0. The van der Waals surface area contributed by atoms with E-state index in [1.54, 1.807) is 0 Å². The van der Waals surface area contributed by atoms with Crippen molar-refractivity contribution >= 4 is 11.8 Å². The van der Waals surface area contributed by atoms with Crippen molar-refractivity contribution in [1.82, 2.24) is 4.90 Å². The van der Waals surface area contributed by atoms with Gasteiger partial charge in [0.15, 0.2) is 0 Å². The van der Waals surface area contributed by atoms with Crippen molar-refractivity contribution < 1.29 is 4.74 Å². The lowest BCUT2D eigenvalue weighted by Crippen LogP contribution is -2.35. The molecule has 0 aromatic heterocycles. The summed E-state index contributed by atoms with van der Waals surface area (Å²) in [6.45, 7) is 3.99. The minimum absolute atomic E-state index is 0.905. The van der Waals surface area contributed by atoms with Crippen molar-refractivity contribution in [3.05, 3.63) is 11.1 Å². The van der Waals surface area contributed by atoms with E-state index in [2.05, 4.69) is 10.3 Å². The van der Waals surface area contributed by atoms with E-state index in [0.717, 1.165) is 26.3 Å². The average molecular weight is 171 g/mol. The highest BCUT2D eigenvalue weighted by Crippen LogP contribution is 2.24. The van der Waals surface area contributed by atoms with Crippen LogP contribution in [0, 0.1) is 0 Å². The largest absolute Gasteiger partial charge is 0.378 e. The van der Waals surface area contributed by atoms with Crippen molar-refractivity contribution in [1.29, 1.82) is 0 Å².